The van der Waals surface area contributed by atoms with Gasteiger partial charge in [0.05, 0.1) is 11.5 Å². The molecule has 5 nitrogen and oxygen atoms in total. The molecule has 0 spiro atoms. The van der Waals surface area contributed by atoms with Gasteiger partial charge in [-0.05, 0) is 38.3 Å². The lowest BCUT2D eigenvalue weighted by atomic mass is 9.97. The number of hydrogen-bond donors (Lipinski definition) is 0. The molecule has 0 saturated carbocycles. The zero-order valence-electron chi connectivity index (χ0n) is 12.6. The van der Waals surface area contributed by atoms with E-state index in [-0.39, 0.29) is 11.8 Å². The predicted molar refractivity (Wildman–Crippen MR) is 79.9 cm³/mol. The molecule has 3 rings (SSSR count). The van der Waals surface area contributed by atoms with E-state index < -0.39 is 0 Å². The van der Waals surface area contributed by atoms with Gasteiger partial charge in [-0.1, -0.05) is 0 Å². The van der Waals surface area contributed by atoms with E-state index in [9.17, 15) is 10.1 Å². The monoisotopic (exact) mass is 284 g/mol. The van der Waals surface area contributed by atoms with Crippen LogP contribution in [0.1, 0.15) is 29.7 Å². The van der Waals surface area contributed by atoms with Crippen LogP contribution in [0, 0.1) is 31.1 Å². The number of hydrogen-bond acceptors (Lipinski definition) is 4. The molecule has 5 heteroatoms. The summed E-state index contributed by atoms with van der Waals surface area (Å²) in [5.74, 6) is 1.07. The van der Waals surface area contributed by atoms with Gasteiger partial charge in [-0.2, -0.15) is 5.26 Å². The Labute approximate surface area is 125 Å². The Morgan fingerprint density at radius 3 is 2.62 bits per heavy atom. The Bertz CT molecular complexity index is 607. The van der Waals surface area contributed by atoms with E-state index in [4.69, 9.17) is 0 Å². The maximum Gasteiger partial charge on any atom is 0.229 e. The third-order valence-electron chi connectivity index (χ3n) is 4.39. The number of nitriles is 1. The summed E-state index contributed by atoms with van der Waals surface area (Å²) >= 11 is 0. The van der Waals surface area contributed by atoms with E-state index in [1.54, 1.807) is 0 Å². The van der Waals surface area contributed by atoms with Crippen LogP contribution >= 0.6 is 0 Å². The number of nitrogens with zero attached hydrogens (tertiary/aromatic N) is 4. The molecule has 2 saturated heterocycles. The van der Waals surface area contributed by atoms with Crippen LogP contribution in [0.5, 0.6) is 0 Å². The molecule has 21 heavy (non-hydrogen) atoms. The van der Waals surface area contributed by atoms with Gasteiger partial charge in [-0.25, -0.2) is 4.98 Å². The lowest BCUT2D eigenvalue weighted by Gasteiger charge is -2.41. The number of pyridine rings is 1. The quantitative estimate of drug-likeness (QED) is 0.828. The summed E-state index contributed by atoms with van der Waals surface area (Å²) < 4.78 is 0. The van der Waals surface area contributed by atoms with Crippen molar-refractivity contribution in [3.05, 3.63) is 22.9 Å². The average molecular weight is 284 g/mol. The van der Waals surface area contributed by atoms with Gasteiger partial charge < -0.3 is 9.80 Å². The smallest absolute Gasteiger partial charge is 0.229 e. The van der Waals surface area contributed by atoms with E-state index in [1.807, 2.05) is 24.8 Å². The molecule has 2 aliphatic heterocycles. The van der Waals surface area contributed by atoms with E-state index in [1.165, 1.54) is 0 Å². The lowest BCUT2D eigenvalue weighted by molar-refractivity contribution is -0.135. The van der Waals surface area contributed by atoms with Gasteiger partial charge in [-0.15, -0.1) is 0 Å². The van der Waals surface area contributed by atoms with E-state index in [2.05, 4.69) is 16.0 Å². The molecule has 1 aromatic rings. The molecule has 1 aromatic heterocycles. The molecule has 0 unspecified atom stereocenters. The second-order valence-electron chi connectivity index (χ2n) is 6.03. The van der Waals surface area contributed by atoms with Gasteiger partial charge in [0.1, 0.15) is 11.9 Å². The number of anilines is 1. The van der Waals surface area contributed by atoms with Crippen molar-refractivity contribution in [3.63, 3.8) is 0 Å². The van der Waals surface area contributed by atoms with Crippen LogP contribution in [0.25, 0.3) is 0 Å². The number of carbonyl (C=O) groups is 1. The number of likely N-dealkylation sites (tertiary alicyclic amines) is 1. The summed E-state index contributed by atoms with van der Waals surface area (Å²) in [6, 6.07) is 4.17. The lowest BCUT2D eigenvalue weighted by Crippen LogP contribution is -2.54. The summed E-state index contributed by atoms with van der Waals surface area (Å²) in [4.78, 5) is 20.8. The summed E-state index contributed by atoms with van der Waals surface area (Å²) in [7, 11) is 0. The van der Waals surface area contributed by atoms with Gasteiger partial charge in [0.25, 0.3) is 0 Å². The van der Waals surface area contributed by atoms with Crippen molar-refractivity contribution in [3.8, 4) is 6.07 Å². The molecular weight excluding hydrogens is 264 g/mol. The Balaban J connectivity index is 1.72. The van der Waals surface area contributed by atoms with Gasteiger partial charge in [0.15, 0.2) is 0 Å². The summed E-state index contributed by atoms with van der Waals surface area (Å²) in [5.41, 5.74) is 2.50. The Morgan fingerprint density at radius 2 is 2.00 bits per heavy atom. The highest BCUT2D eigenvalue weighted by molar-refractivity contribution is 5.82. The van der Waals surface area contributed by atoms with Crippen molar-refractivity contribution < 1.29 is 4.79 Å². The number of amides is 1. The Hall–Kier alpha value is -2.09. The van der Waals surface area contributed by atoms with Crippen molar-refractivity contribution >= 4 is 11.7 Å². The second-order valence-corrected chi connectivity index (χ2v) is 6.03. The first kappa shape index (κ1) is 13.9. The zero-order chi connectivity index (χ0) is 15.0. The van der Waals surface area contributed by atoms with Gasteiger partial charge >= 0.3 is 0 Å². The topological polar surface area (TPSA) is 60.2 Å². The molecule has 2 aliphatic rings. The summed E-state index contributed by atoms with van der Waals surface area (Å²) in [6.07, 6.45) is 2.25. The van der Waals surface area contributed by atoms with E-state index in [0.717, 1.165) is 43.0 Å². The molecule has 2 fully saturated rings. The number of carbonyl (C=O) groups excluding carboxylic acids is 1. The van der Waals surface area contributed by atoms with Crippen molar-refractivity contribution in [2.24, 2.45) is 5.92 Å². The highest BCUT2D eigenvalue weighted by Crippen LogP contribution is 2.29. The predicted octanol–water partition coefficient (Wildman–Crippen LogP) is 1.63. The maximum atomic E-state index is 12.3. The fourth-order valence-corrected chi connectivity index (χ4v) is 3.19. The molecule has 0 aliphatic carbocycles. The molecule has 3 heterocycles. The fraction of sp³-hybridized carbons (Fsp3) is 0.562. The molecule has 0 bridgehead atoms. The van der Waals surface area contributed by atoms with Gasteiger partial charge in [0.2, 0.25) is 5.91 Å². The first-order valence-electron chi connectivity index (χ1n) is 7.52. The zero-order valence-corrected chi connectivity index (χ0v) is 12.6. The standard InChI is InChI=1S/C16H20N4O/c1-11-7-12(2)18-15(14(11)8-17)20-9-13(10-20)16(21)19-5-3-4-6-19/h7,13H,3-6,9-10H2,1-2H3. The number of aromatic nitrogens is 1. The van der Waals surface area contributed by atoms with Crippen LogP contribution in [0.3, 0.4) is 0 Å². The SMILES string of the molecule is Cc1cc(C)c(C#N)c(N2CC(C(=O)N3CCCC3)C2)n1. The summed E-state index contributed by atoms with van der Waals surface area (Å²) in [6.45, 7) is 7.04. The number of rotatable bonds is 2. The minimum atomic E-state index is 0.0669. The molecule has 0 atom stereocenters. The van der Waals surface area contributed by atoms with Gasteiger partial charge in [-0.3, -0.25) is 4.79 Å². The van der Waals surface area contributed by atoms with Gasteiger partial charge in [0, 0.05) is 31.9 Å². The van der Waals surface area contributed by atoms with Crippen LogP contribution in [-0.2, 0) is 4.79 Å². The van der Waals surface area contributed by atoms with Crippen LogP contribution in [-0.4, -0.2) is 42.0 Å². The Morgan fingerprint density at radius 1 is 1.33 bits per heavy atom. The third kappa shape index (κ3) is 2.46. The van der Waals surface area contributed by atoms with Crippen LogP contribution in [0.4, 0.5) is 5.82 Å². The van der Waals surface area contributed by atoms with Crippen LogP contribution < -0.4 is 4.90 Å². The Kier molecular flexibility index (Phi) is 3.54. The third-order valence-corrected chi connectivity index (χ3v) is 4.39. The highest BCUT2D eigenvalue weighted by atomic mass is 16.2. The maximum absolute atomic E-state index is 12.3. The second kappa shape index (κ2) is 5.36. The summed E-state index contributed by atoms with van der Waals surface area (Å²) in [5, 5.41) is 9.31. The molecule has 1 amide bonds. The van der Waals surface area contributed by atoms with Crippen LogP contribution in [0.15, 0.2) is 6.07 Å². The minimum absolute atomic E-state index is 0.0669. The normalized spacial score (nSPS) is 18.5. The van der Waals surface area contributed by atoms with Crippen molar-refractivity contribution in [2.45, 2.75) is 26.7 Å². The largest absolute Gasteiger partial charge is 0.354 e. The van der Waals surface area contributed by atoms with E-state index in [0.29, 0.717) is 18.7 Å². The van der Waals surface area contributed by atoms with Crippen molar-refractivity contribution in [1.29, 1.82) is 5.26 Å². The minimum Gasteiger partial charge on any atom is -0.354 e. The first-order valence-corrected chi connectivity index (χ1v) is 7.52. The van der Waals surface area contributed by atoms with Crippen molar-refractivity contribution in [2.75, 3.05) is 31.1 Å². The molecular formula is C16H20N4O. The molecule has 110 valence electrons. The average Bonchev–Trinajstić information content (AvgIpc) is 2.90. The molecule has 0 radical (unpaired) electrons. The van der Waals surface area contributed by atoms with E-state index >= 15 is 0 Å². The number of aryl methyl sites for hydroxylation is 2. The molecule has 0 aromatic carbocycles. The fourth-order valence-electron chi connectivity index (χ4n) is 3.19. The molecule has 0 N–H and O–H groups in total. The van der Waals surface area contributed by atoms with Crippen LogP contribution in [0.2, 0.25) is 0 Å². The van der Waals surface area contributed by atoms with Crippen molar-refractivity contribution in [1.82, 2.24) is 9.88 Å². The highest BCUT2D eigenvalue weighted by Gasteiger charge is 2.37. The first-order chi connectivity index (χ1) is 10.1.